The maximum atomic E-state index is 11.8. The number of hydrogen-bond donors (Lipinski definition) is 3. The monoisotopic (exact) mass is 1420 g/mol. The van der Waals surface area contributed by atoms with Crippen LogP contribution in [-0.4, -0.2) is 140 Å². The van der Waals surface area contributed by atoms with Gasteiger partial charge in [0.05, 0.1) is 48.8 Å². The number of aryl methyl sites for hydroxylation is 1. The first-order valence-corrected chi connectivity index (χ1v) is 30.0. The van der Waals surface area contributed by atoms with Crippen molar-refractivity contribution >= 4 is 97.1 Å². The Balaban J connectivity index is 0.00000110. The average molecular weight is 1420 g/mol. The van der Waals surface area contributed by atoms with E-state index in [-0.39, 0.29) is 113 Å². The number of benzene rings is 3. The number of ether oxygens (including phenoxy) is 6. The number of nitro benzene ring substituents is 2. The number of thioether (sulfide) groups is 2. The van der Waals surface area contributed by atoms with Crippen LogP contribution in [0.3, 0.4) is 0 Å². The van der Waals surface area contributed by atoms with E-state index in [0.29, 0.717) is 71.3 Å². The number of sulfone groups is 1. The van der Waals surface area contributed by atoms with Gasteiger partial charge in [-0.3, -0.25) is 49.4 Å². The molecular formula is C58H66Cl2N7O18PdS3-. The number of H-pyrrole nitrogens is 1. The number of carboxylic acid groups (broad SMARTS) is 1. The molecule has 25 nitrogen and oxygen atoms in total. The number of rotatable bonds is 23. The van der Waals surface area contributed by atoms with Crippen molar-refractivity contribution in [1.29, 1.82) is 0 Å². The van der Waals surface area contributed by atoms with E-state index < -0.39 is 25.7 Å². The summed E-state index contributed by atoms with van der Waals surface area (Å²) in [5, 5.41) is 30.3. The number of anilines is 1. The van der Waals surface area contributed by atoms with Gasteiger partial charge in [0.2, 0.25) is 0 Å². The Labute approximate surface area is 546 Å². The van der Waals surface area contributed by atoms with E-state index in [4.69, 9.17) is 53.0 Å². The Bertz CT molecular complexity index is 3570. The number of nitrogen functional groups attached to an aromatic ring is 1. The first-order valence-electron chi connectivity index (χ1n) is 24.9. The second kappa shape index (κ2) is 44.0. The molecule has 0 aliphatic rings. The molecule has 0 saturated heterocycles. The maximum Gasteiger partial charge on any atom is 0.329 e. The number of Topliss-reactive ketones (excluding diaryl/α,β-unsaturated/α-hetero) is 3. The first kappa shape index (κ1) is 81.5. The van der Waals surface area contributed by atoms with Crippen LogP contribution in [0.25, 0.3) is 0 Å². The number of pyridine rings is 4. The molecule has 4 aromatic heterocycles. The molecule has 0 amide bonds. The molecule has 0 saturated carbocycles. The molecule has 3 aromatic carbocycles. The predicted molar refractivity (Wildman–Crippen MR) is 336 cm³/mol. The van der Waals surface area contributed by atoms with Gasteiger partial charge in [-0.25, -0.2) is 18.2 Å². The van der Waals surface area contributed by atoms with Crippen LogP contribution in [0, 0.1) is 34.6 Å². The number of aliphatic carboxylic acids is 1. The zero-order valence-corrected chi connectivity index (χ0v) is 55.1. The molecule has 31 heteroatoms. The third kappa shape index (κ3) is 33.6. The number of carbonyl (C=O) groups excluding carboxylic acids is 3. The van der Waals surface area contributed by atoms with Crippen molar-refractivity contribution in [3.05, 3.63) is 198 Å². The third-order valence-corrected chi connectivity index (χ3v) is 13.4. The van der Waals surface area contributed by atoms with Gasteiger partial charge in [0.25, 0.3) is 11.4 Å². The zero-order chi connectivity index (χ0) is 65.1. The van der Waals surface area contributed by atoms with Gasteiger partial charge < -0.3 is 51.7 Å². The Kier molecular flexibility index (Phi) is 40.3. The number of aromatic amines is 1. The van der Waals surface area contributed by atoms with Crippen molar-refractivity contribution in [1.82, 2.24) is 19.9 Å². The third-order valence-electron chi connectivity index (χ3n) is 10.2. The predicted octanol–water partition coefficient (Wildman–Crippen LogP) is 10.2. The fourth-order valence-electron chi connectivity index (χ4n) is 6.61. The van der Waals surface area contributed by atoms with Crippen molar-refractivity contribution in [3.63, 3.8) is 0 Å². The normalized spacial score (nSPS) is 10.0. The number of carboxylic acids is 1. The minimum absolute atomic E-state index is 0. The first-order chi connectivity index (χ1) is 41.2. The topological polar surface area (TPSA) is 362 Å². The fourth-order valence-corrected chi connectivity index (χ4v) is 9.18. The number of nitrogens with one attached hydrogen (secondary N) is 1. The van der Waals surface area contributed by atoms with Gasteiger partial charge in [0.15, 0.2) is 32.6 Å². The van der Waals surface area contributed by atoms with Gasteiger partial charge in [0, 0.05) is 145 Å². The van der Waals surface area contributed by atoms with Crippen molar-refractivity contribution in [2.45, 2.75) is 40.9 Å². The van der Waals surface area contributed by atoms with E-state index in [0.717, 1.165) is 6.26 Å². The Morgan fingerprint density at radius 2 is 1.06 bits per heavy atom. The Morgan fingerprint density at radius 3 is 1.47 bits per heavy atom. The minimum Gasteiger partial charge on any atom is -0.480 e. The van der Waals surface area contributed by atoms with Gasteiger partial charge in [-0.15, -0.1) is 23.5 Å². The molecule has 0 radical (unpaired) electrons. The Hall–Kier alpha value is -7.53. The Morgan fingerprint density at radius 1 is 0.618 bits per heavy atom. The zero-order valence-electron chi connectivity index (χ0n) is 49.6. The van der Waals surface area contributed by atoms with Crippen LogP contribution in [0.2, 0.25) is 10.0 Å². The summed E-state index contributed by atoms with van der Waals surface area (Å²) in [7, 11) is 2.40. The standard InChI is InChI=1S/C17H19NO5S.C16H16N2O5S.C9H11NO3.C7H6ClNO2S.C5H5ClN2.C3H6O3.CH3.Pd/c1-12-4-5-15(10-17(12)24(3,20)21)23-16-6-7-18-13(9-16)8-14(19)11-22-2;1-22-10-12(19)7-11-8-14(5-6-17-11)23-13-3-4-15(18(20)21)16(9-13)24-2;1-13-6-9(12)5-7-4-8(11)2-3-10-7;1-12-7-4-5(8)2-3-6(7)9(10)11;6-4-1-2-8-5(7)3-4;1-6-2-3(4)5;;/h4-7,9-10H,8,11H2,1-3H3;3-6,8-9H,7,10H2,1-2H3;2-4H,5-6H2,1H3,(H,10,11);2-4H,1H3;1-3H,(H2,7,8);2H2,1H3,(H,4,5);1H3;/q;;;;;;-1;. The molecule has 0 atom stereocenters. The maximum absolute atomic E-state index is 11.8. The van der Waals surface area contributed by atoms with Gasteiger partial charge in [-0.1, -0.05) is 29.3 Å². The number of methoxy groups -OCH3 is 4. The van der Waals surface area contributed by atoms with Gasteiger partial charge in [0.1, 0.15) is 55.2 Å². The van der Waals surface area contributed by atoms with E-state index >= 15 is 0 Å². The van der Waals surface area contributed by atoms with Crippen LogP contribution in [0.5, 0.6) is 23.0 Å². The molecule has 0 aliphatic carbocycles. The van der Waals surface area contributed by atoms with Crippen LogP contribution < -0.4 is 20.6 Å². The molecule has 0 spiro atoms. The van der Waals surface area contributed by atoms with Crippen molar-refractivity contribution in [3.8, 4) is 23.0 Å². The molecule has 4 heterocycles. The quantitative estimate of drug-likeness (QED) is 0.0176. The number of ketones is 3. The van der Waals surface area contributed by atoms with E-state index in [1.54, 1.807) is 92.5 Å². The largest absolute Gasteiger partial charge is 0.480 e. The summed E-state index contributed by atoms with van der Waals surface area (Å²) in [6.07, 6.45) is 11.4. The van der Waals surface area contributed by atoms with Gasteiger partial charge in [-0.2, -0.15) is 0 Å². The summed E-state index contributed by atoms with van der Waals surface area (Å²) >= 11 is 13.8. The fraction of sp³-hybridized carbons (Fsp3) is 0.259. The number of nitro groups is 2. The van der Waals surface area contributed by atoms with Crippen LogP contribution >= 0.6 is 46.7 Å². The SMILES string of the molecule is COCC(=O)Cc1cc(=O)cc[nH]1.COCC(=O)Cc1cc(Oc2ccc(C)c(S(C)(=O)=O)c2)ccn1.COCC(=O)Cc1cc(Oc2ccc([N+](=O)[O-])c(SC)c2)ccn1.COCC(=O)O.CSc1cc(Cl)ccc1[N+](=O)[O-].Nc1cc(Cl)ccn1.[CH3-].[Pd]. The number of halogens is 2. The molecule has 4 N–H and O–H groups in total. The van der Waals surface area contributed by atoms with Crippen molar-refractivity contribution in [2.24, 2.45) is 0 Å². The van der Waals surface area contributed by atoms with Gasteiger partial charge in [-0.05, 0) is 79.6 Å². The molecule has 89 heavy (non-hydrogen) atoms. The molecular weight excluding hydrogens is 1360 g/mol. The second-order valence-electron chi connectivity index (χ2n) is 17.3. The van der Waals surface area contributed by atoms with Crippen LogP contribution in [0.1, 0.15) is 22.6 Å². The van der Waals surface area contributed by atoms with Crippen molar-refractivity contribution < 1.29 is 91.4 Å². The summed E-state index contributed by atoms with van der Waals surface area (Å²) in [6.45, 7) is 1.66. The van der Waals surface area contributed by atoms with E-state index in [9.17, 15) is 52.6 Å². The minimum atomic E-state index is -3.33. The molecule has 7 aromatic rings. The van der Waals surface area contributed by atoms with Crippen LogP contribution in [-0.2, 0) is 87.6 Å². The molecule has 0 bridgehead atoms. The number of nitrogens with two attached hydrogens (primary N) is 1. The number of hydrogen-bond acceptors (Lipinski definition) is 23. The molecule has 0 aliphatic heterocycles. The van der Waals surface area contributed by atoms with E-state index in [1.165, 1.54) is 107 Å². The summed E-state index contributed by atoms with van der Waals surface area (Å²) in [4.78, 5) is 91.3. The van der Waals surface area contributed by atoms with Gasteiger partial charge >= 0.3 is 5.97 Å². The summed E-state index contributed by atoms with van der Waals surface area (Å²) < 4.78 is 53.4. The number of carbonyl (C=O) groups is 4. The average Bonchev–Trinajstić information content (AvgIpc) is 1.42. The summed E-state index contributed by atoms with van der Waals surface area (Å²) in [5.74, 6) is 1.17. The number of aromatic nitrogens is 4. The molecule has 484 valence electrons. The molecule has 0 fully saturated rings. The molecule has 7 rings (SSSR count). The number of nitrogens with zero attached hydrogens (tertiary/aromatic N) is 5. The van der Waals surface area contributed by atoms with E-state index in [2.05, 4.69) is 29.4 Å². The van der Waals surface area contributed by atoms with Crippen LogP contribution in [0.15, 0.2) is 147 Å². The van der Waals surface area contributed by atoms with Crippen molar-refractivity contribution in [2.75, 3.05) is 79.4 Å². The smallest absolute Gasteiger partial charge is 0.329 e. The summed E-state index contributed by atoms with van der Waals surface area (Å²) in [5.41, 5.74) is 7.71. The second-order valence-corrected chi connectivity index (χ2v) is 21.8. The van der Waals surface area contributed by atoms with Crippen LogP contribution in [0.4, 0.5) is 17.2 Å². The summed E-state index contributed by atoms with van der Waals surface area (Å²) in [6, 6.07) is 26.6. The molecule has 0 unspecified atom stereocenters. The van der Waals surface area contributed by atoms with E-state index in [1.807, 2.05) is 0 Å².